The first-order valence-corrected chi connectivity index (χ1v) is 14.4. The van der Waals surface area contributed by atoms with Crippen LogP contribution in [0.2, 0.25) is 0 Å². The fourth-order valence-electron chi connectivity index (χ4n) is 4.14. The van der Waals surface area contributed by atoms with Crippen LogP contribution in [0.25, 0.3) is 10.9 Å². The van der Waals surface area contributed by atoms with Crippen molar-refractivity contribution in [1.29, 1.82) is 5.26 Å². The molecule has 0 amide bonds. The second kappa shape index (κ2) is 19.3. The van der Waals surface area contributed by atoms with E-state index in [-0.39, 0.29) is 0 Å². The molecule has 0 aliphatic carbocycles. The van der Waals surface area contributed by atoms with Crippen molar-refractivity contribution >= 4 is 16.6 Å². The Morgan fingerprint density at radius 3 is 2.38 bits per heavy atom. The van der Waals surface area contributed by atoms with Crippen molar-refractivity contribution in [2.24, 2.45) is 0 Å². The number of aromatic nitrogens is 1. The van der Waals surface area contributed by atoms with Crippen molar-refractivity contribution in [2.75, 3.05) is 25.5 Å². The van der Waals surface area contributed by atoms with Gasteiger partial charge in [-0.2, -0.15) is 5.26 Å². The van der Waals surface area contributed by atoms with Gasteiger partial charge in [-0.05, 0) is 101 Å². The van der Waals surface area contributed by atoms with E-state index in [0.29, 0.717) is 5.57 Å². The summed E-state index contributed by atoms with van der Waals surface area (Å²) in [5, 5.41) is 14.3. The summed E-state index contributed by atoms with van der Waals surface area (Å²) >= 11 is 0. The lowest BCUT2D eigenvalue weighted by atomic mass is 10.0. The van der Waals surface area contributed by atoms with Gasteiger partial charge in [-0.3, -0.25) is 0 Å². The van der Waals surface area contributed by atoms with Crippen LogP contribution in [0.15, 0.2) is 108 Å². The smallest absolute Gasteiger partial charge is 0.101 e. The van der Waals surface area contributed by atoms with E-state index >= 15 is 0 Å². The van der Waals surface area contributed by atoms with Gasteiger partial charge in [0.2, 0.25) is 0 Å². The first-order chi connectivity index (χ1) is 19.3. The first kappa shape index (κ1) is 34.2. The van der Waals surface area contributed by atoms with Gasteiger partial charge in [0.15, 0.2) is 0 Å². The average Bonchev–Trinajstić information content (AvgIpc) is 3.45. The Labute approximate surface area is 243 Å². The molecule has 2 N–H and O–H groups in total. The van der Waals surface area contributed by atoms with Crippen molar-refractivity contribution < 1.29 is 0 Å². The normalized spacial score (nSPS) is 13.1. The fourth-order valence-corrected chi connectivity index (χ4v) is 4.14. The molecule has 4 heteroatoms. The Hall–Kier alpha value is -3.81. The average molecular weight is 539 g/mol. The van der Waals surface area contributed by atoms with Crippen molar-refractivity contribution in [3.8, 4) is 6.07 Å². The highest BCUT2D eigenvalue weighted by Gasteiger charge is 2.11. The van der Waals surface area contributed by atoms with E-state index in [9.17, 15) is 5.26 Å². The molecule has 0 saturated carbocycles. The van der Waals surface area contributed by atoms with Crippen LogP contribution in [0.3, 0.4) is 0 Å². The lowest BCUT2D eigenvalue weighted by Crippen LogP contribution is -2.19. The van der Waals surface area contributed by atoms with Crippen molar-refractivity contribution in [3.63, 3.8) is 0 Å². The maximum atomic E-state index is 9.70. The number of allylic oxidation sites excluding steroid dienone is 10. The predicted octanol–water partition coefficient (Wildman–Crippen LogP) is 9.95. The molecule has 0 spiro atoms. The van der Waals surface area contributed by atoms with Gasteiger partial charge in [-0.15, -0.1) is 0 Å². The van der Waals surface area contributed by atoms with Gasteiger partial charge in [-0.25, -0.2) is 0 Å². The zero-order valence-corrected chi connectivity index (χ0v) is 25.9. The van der Waals surface area contributed by atoms with Crippen molar-refractivity contribution in [3.05, 3.63) is 114 Å². The summed E-state index contributed by atoms with van der Waals surface area (Å²) in [5.74, 6) is 0. The number of H-pyrrole nitrogens is 1. The summed E-state index contributed by atoms with van der Waals surface area (Å²) in [6, 6.07) is 8.39. The molecule has 1 aromatic heterocycles. The highest BCUT2D eigenvalue weighted by atomic mass is 15.1. The highest BCUT2D eigenvalue weighted by molar-refractivity contribution is 5.88. The summed E-state index contributed by atoms with van der Waals surface area (Å²) in [5.41, 5.74) is 7.60. The topological polar surface area (TPSA) is 54.9 Å². The predicted molar refractivity (Wildman–Crippen MR) is 177 cm³/mol. The van der Waals surface area contributed by atoms with E-state index in [1.54, 1.807) is 6.08 Å². The third-order valence-electron chi connectivity index (χ3n) is 6.71. The summed E-state index contributed by atoms with van der Waals surface area (Å²) in [7, 11) is 2.19. The zero-order valence-electron chi connectivity index (χ0n) is 25.9. The molecule has 0 saturated heterocycles. The largest absolute Gasteiger partial charge is 0.361 e. The number of benzene rings is 1. The van der Waals surface area contributed by atoms with Gasteiger partial charge < -0.3 is 15.2 Å². The summed E-state index contributed by atoms with van der Waals surface area (Å²) < 4.78 is 0. The first-order valence-electron chi connectivity index (χ1n) is 14.4. The Morgan fingerprint density at radius 2 is 1.80 bits per heavy atom. The van der Waals surface area contributed by atoms with Gasteiger partial charge >= 0.3 is 0 Å². The number of unbranched alkanes of at least 4 members (excludes halogenated alkanes) is 1. The molecule has 2 aromatic rings. The molecule has 0 bridgehead atoms. The number of rotatable bonds is 14. The standard InChI is InChI=1S/C28H31N3.C8H19N/c1-7-22(8-2)13-11-20(5)12-14-23(9-3)28(24(10-4)19-29)31-26-15-16-27-25(21(26)6)17-18-30-27;1-4-6-8-9(3)7-5-2/h7,9-18,30-31H,1,4,8H2,2-3,5-6H3;4-8H2,1-3H3/b14-12+,20-11+,22-13+,23-9-,28-24-;. The molecule has 0 radical (unpaired) electrons. The minimum absolute atomic E-state index is 0.493. The van der Waals surface area contributed by atoms with E-state index < -0.39 is 0 Å². The minimum atomic E-state index is 0.493. The monoisotopic (exact) mass is 538 g/mol. The molecule has 40 heavy (non-hydrogen) atoms. The molecule has 1 aromatic carbocycles. The quantitative estimate of drug-likeness (QED) is 0.186. The van der Waals surface area contributed by atoms with Gasteiger partial charge in [0.05, 0.1) is 11.3 Å². The van der Waals surface area contributed by atoms with E-state index in [0.717, 1.165) is 45.4 Å². The minimum Gasteiger partial charge on any atom is -0.361 e. The van der Waals surface area contributed by atoms with Gasteiger partial charge in [0.25, 0.3) is 0 Å². The number of hydrogen-bond donors (Lipinski definition) is 2. The zero-order chi connectivity index (χ0) is 29.9. The van der Waals surface area contributed by atoms with E-state index in [4.69, 9.17) is 0 Å². The molecule has 4 nitrogen and oxygen atoms in total. The van der Waals surface area contributed by atoms with E-state index in [2.05, 4.69) is 94.3 Å². The van der Waals surface area contributed by atoms with Crippen LogP contribution in [0.1, 0.15) is 65.9 Å². The maximum Gasteiger partial charge on any atom is 0.101 e. The Bertz CT molecular complexity index is 1290. The molecule has 214 valence electrons. The second-order valence-electron chi connectivity index (χ2n) is 9.85. The Balaban J connectivity index is 0.000000763. The highest BCUT2D eigenvalue weighted by Crippen LogP contribution is 2.28. The SMILES string of the molecule is C=C\C(=C/C=C(C)/C=C/C(=C/C)C(/Nc1ccc2[nH]ccc2c1C)=C(/C#N)C=C)CC.CCCCN(C)CCC. The van der Waals surface area contributed by atoms with Gasteiger partial charge in [-0.1, -0.05) is 82.4 Å². The summed E-state index contributed by atoms with van der Waals surface area (Å²) in [6.45, 7) is 22.9. The maximum absolute atomic E-state index is 9.70. The number of aryl methyl sites for hydroxylation is 1. The second-order valence-corrected chi connectivity index (χ2v) is 9.85. The van der Waals surface area contributed by atoms with Crippen LogP contribution in [0.4, 0.5) is 5.69 Å². The van der Waals surface area contributed by atoms with Crippen molar-refractivity contribution in [2.45, 2.75) is 67.2 Å². The number of nitrogens with one attached hydrogen (secondary N) is 2. The van der Waals surface area contributed by atoms with Crippen LogP contribution < -0.4 is 5.32 Å². The van der Waals surface area contributed by atoms with Gasteiger partial charge in [0, 0.05) is 22.8 Å². The van der Waals surface area contributed by atoms with Crippen LogP contribution in [0, 0.1) is 18.3 Å². The summed E-state index contributed by atoms with van der Waals surface area (Å²) in [4.78, 5) is 5.63. The van der Waals surface area contributed by atoms with Gasteiger partial charge in [0.1, 0.15) is 6.07 Å². The molecule has 0 fully saturated rings. The van der Waals surface area contributed by atoms with E-state index in [1.165, 1.54) is 37.9 Å². The number of nitrogens with zero attached hydrogens (tertiary/aromatic N) is 2. The third-order valence-corrected chi connectivity index (χ3v) is 6.71. The van der Waals surface area contributed by atoms with Crippen molar-refractivity contribution in [1.82, 2.24) is 9.88 Å². The Kier molecular flexibility index (Phi) is 16.5. The summed E-state index contributed by atoms with van der Waals surface area (Å²) in [6.07, 6.45) is 20.5. The fraction of sp³-hybridized carbons (Fsp3) is 0.361. The molecule has 0 aliphatic heterocycles. The molecule has 2 rings (SSSR count). The number of anilines is 1. The lowest BCUT2D eigenvalue weighted by Gasteiger charge is -2.16. The van der Waals surface area contributed by atoms with Crippen LogP contribution in [0.5, 0.6) is 0 Å². The molecular weight excluding hydrogens is 488 g/mol. The van der Waals surface area contributed by atoms with Crippen LogP contribution >= 0.6 is 0 Å². The molecule has 0 aliphatic rings. The molecular formula is C36H50N4. The Morgan fingerprint density at radius 1 is 1.05 bits per heavy atom. The van der Waals surface area contributed by atoms with E-state index in [1.807, 2.05) is 49.6 Å². The lowest BCUT2D eigenvalue weighted by molar-refractivity contribution is 0.329. The molecule has 1 heterocycles. The number of nitriles is 1. The number of hydrogen-bond acceptors (Lipinski definition) is 3. The number of fused-ring (bicyclic) bond motifs is 1. The van der Waals surface area contributed by atoms with Crippen LogP contribution in [-0.4, -0.2) is 30.0 Å². The number of aromatic amines is 1. The molecule has 0 atom stereocenters. The van der Waals surface area contributed by atoms with Crippen LogP contribution in [-0.2, 0) is 0 Å². The molecule has 0 unspecified atom stereocenters. The third kappa shape index (κ3) is 11.1.